The van der Waals surface area contributed by atoms with Gasteiger partial charge in [0.25, 0.3) is 0 Å². The molecule has 1 aromatic rings. The standard InChI is InChI=1S/C12H16Cl2N2O/c1-3-6-12(2,15)11(17)16-10-7-8(13)4-5-9(10)14/h4-5,7H,3,6,15H2,1-2H3,(H,16,17). The second-order valence-corrected chi connectivity index (χ2v) is 5.09. The van der Waals surface area contributed by atoms with Gasteiger partial charge in [-0.25, -0.2) is 0 Å². The van der Waals surface area contributed by atoms with E-state index in [9.17, 15) is 4.79 Å². The zero-order chi connectivity index (χ0) is 13.1. The van der Waals surface area contributed by atoms with E-state index in [4.69, 9.17) is 28.9 Å². The van der Waals surface area contributed by atoms with Crippen LogP contribution >= 0.6 is 23.2 Å². The lowest BCUT2D eigenvalue weighted by atomic mass is 9.96. The molecule has 1 unspecified atom stereocenters. The van der Waals surface area contributed by atoms with E-state index in [-0.39, 0.29) is 5.91 Å². The summed E-state index contributed by atoms with van der Waals surface area (Å²) < 4.78 is 0. The monoisotopic (exact) mass is 274 g/mol. The lowest BCUT2D eigenvalue weighted by Gasteiger charge is -2.23. The minimum atomic E-state index is -0.902. The van der Waals surface area contributed by atoms with Crippen LogP contribution < -0.4 is 11.1 Å². The zero-order valence-electron chi connectivity index (χ0n) is 9.89. The molecule has 0 heterocycles. The summed E-state index contributed by atoms with van der Waals surface area (Å²) in [6, 6.07) is 4.89. The molecule has 0 spiro atoms. The number of carbonyl (C=O) groups excluding carboxylic acids is 1. The third-order valence-electron chi connectivity index (χ3n) is 2.46. The highest BCUT2D eigenvalue weighted by Gasteiger charge is 2.27. The number of hydrogen-bond acceptors (Lipinski definition) is 2. The molecular weight excluding hydrogens is 259 g/mol. The van der Waals surface area contributed by atoms with E-state index >= 15 is 0 Å². The van der Waals surface area contributed by atoms with Gasteiger partial charge in [-0.15, -0.1) is 0 Å². The van der Waals surface area contributed by atoms with Crippen LogP contribution in [0.4, 0.5) is 5.69 Å². The first-order valence-corrected chi connectivity index (χ1v) is 6.18. The maximum absolute atomic E-state index is 11.9. The van der Waals surface area contributed by atoms with E-state index in [1.165, 1.54) is 0 Å². The molecule has 1 amide bonds. The Kier molecular flexibility index (Phi) is 4.80. The predicted molar refractivity (Wildman–Crippen MR) is 72.6 cm³/mol. The van der Waals surface area contributed by atoms with Crippen LogP contribution in [0.25, 0.3) is 0 Å². The first kappa shape index (κ1) is 14.3. The van der Waals surface area contributed by atoms with Crippen LogP contribution in [0.1, 0.15) is 26.7 Å². The van der Waals surface area contributed by atoms with Crippen molar-refractivity contribution in [3.05, 3.63) is 28.2 Å². The Morgan fingerprint density at radius 3 is 2.71 bits per heavy atom. The summed E-state index contributed by atoms with van der Waals surface area (Å²) >= 11 is 11.8. The number of benzene rings is 1. The maximum Gasteiger partial charge on any atom is 0.244 e. The van der Waals surface area contributed by atoms with Crippen LogP contribution in [0.3, 0.4) is 0 Å². The molecule has 1 atom stereocenters. The highest BCUT2D eigenvalue weighted by molar-refractivity contribution is 6.35. The average Bonchev–Trinajstić information content (AvgIpc) is 2.23. The second kappa shape index (κ2) is 5.71. The van der Waals surface area contributed by atoms with Crippen molar-refractivity contribution in [2.45, 2.75) is 32.2 Å². The highest BCUT2D eigenvalue weighted by atomic mass is 35.5. The zero-order valence-corrected chi connectivity index (χ0v) is 11.4. The van der Waals surface area contributed by atoms with E-state index in [2.05, 4.69) is 5.32 Å². The van der Waals surface area contributed by atoms with E-state index in [1.54, 1.807) is 25.1 Å². The maximum atomic E-state index is 11.9. The fourth-order valence-electron chi connectivity index (χ4n) is 1.49. The molecule has 94 valence electrons. The van der Waals surface area contributed by atoms with Crippen LogP contribution in [-0.4, -0.2) is 11.4 Å². The molecule has 0 saturated heterocycles. The molecule has 3 N–H and O–H groups in total. The van der Waals surface area contributed by atoms with E-state index in [1.807, 2.05) is 6.92 Å². The van der Waals surface area contributed by atoms with Crippen LogP contribution in [-0.2, 0) is 4.79 Å². The fourth-order valence-corrected chi connectivity index (χ4v) is 1.83. The summed E-state index contributed by atoms with van der Waals surface area (Å²) in [5.41, 5.74) is 5.50. The Balaban J connectivity index is 2.84. The lowest BCUT2D eigenvalue weighted by Crippen LogP contribution is -2.48. The van der Waals surface area contributed by atoms with Gasteiger partial charge in [0.1, 0.15) is 0 Å². The smallest absolute Gasteiger partial charge is 0.244 e. The molecule has 0 fully saturated rings. The Bertz CT molecular complexity index is 419. The van der Waals surface area contributed by atoms with Gasteiger partial charge in [0.05, 0.1) is 16.2 Å². The largest absolute Gasteiger partial charge is 0.323 e. The molecule has 0 saturated carbocycles. The Hall–Kier alpha value is -0.770. The SMILES string of the molecule is CCCC(C)(N)C(=O)Nc1cc(Cl)ccc1Cl. The van der Waals surface area contributed by atoms with Gasteiger partial charge in [0, 0.05) is 5.02 Å². The van der Waals surface area contributed by atoms with Gasteiger partial charge >= 0.3 is 0 Å². The number of nitrogens with two attached hydrogens (primary N) is 1. The van der Waals surface area contributed by atoms with Crippen LogP contribution in [0.2, 0.25) is 10.0 Å². The third-order valence-corrected chi connectivity index (χ3v) is 3.03. The Labute approximate surface area is 111 Å². The normalized spacial score (nSPS) is 14.2. The van der Waals surface area contributed by atoms with Gasteiger partial charge in [-0.2, -0.15) is 0 Å². The molecule has 0 aliphatic carbocycles. The molecular formula is C12H16Cl2N2O. The van der Waals surface area contributed by atoms with E-state index in [0.717, 1.165) is 6.42 Å². The number of anilines is 1. The van der Waals surface area contributed by atoms with Crippen molar-refractivity contribution in [2.75, 3.05) is 5.32 Å². The van der Waals surface area contributed by atoms with Crippen LogP contribution in [0.5, 0.6) is 0 Å². The van der Waals surface area contributed by atoms with Crippen LogP contribution in [0.15, 0.2) is 18.2 Å². The number of nitrogens with one attached hydrogen (secondary N) is 1. The number of carbonyl (C=O) groups is 1. The lowest BCUT2D eigenvalue weighted by molar-refractivity contribution is -0.120. The third kappa shape index (κ3) is 3.87. The topological polar surface area (TPSA) is 55.1 Å². The van der Waals surface area contributed by atoms with Crippen molar-refractivity contribution < 1.29 is 4.79 Å². The van der Waals surface area contributed by atoms with Crippen molar-refractivity contribution in [2.24, 2.45) is 5.73 Å². The number of halogens is 2. The number of hydrogen-bond donors (Lipinski definition) is 2. The number of amides is 1. The van der Waals surface area contributed by atoms with Crippen molar-refractivity contribution in [3.8, 4) is 0 Å². The molecule has 1 rings (SSSR count). The van der Waals surface area contributed by atoms with Crippen molar-refractivity contribution >= 4 is 34.8 Å². The summed E-state index contributed by atoms with van der Waals surface area (Å²) in [6.07, 6.45) is 1.45. The molecule has 3 nitrogen and oxygen atoms in total. The van der Waals surface area contributed by atoms with Gasteiger partial charge in [-0.3, -0.25) is 4.79 Å². The molecule has 0 aromatic heterocycles. The summed E-state index contributed by atoms with van der Waals surface area (Å²) in [7, 11) is 0. The molecule has 0 bridgehead atoms. The molecule has 1 aromatic carbocycles. The molecule has 0 radical (unpaired) electrons. The first-order chi connectivity index (χ1) is 7.86. The van der Waals surface area contributed by atoms with Gasteiger partial charge in [-0.1, -0.05) is 36.5 Å². The van der Waals surface area contributed by atoms with Gasteiger partial charge in [0.15, 0.2) is 0 Å². The molecule has 0 aliphatic heterocycles. The quantitative estimate of drug-likeness (QED) is 0.884. The summed E-state index contributed by atoms with van der Waals surface area (Å²) in [5, 5.41) is 3.65. The van der Waals surface area contributed by atoms with E-state index in [0.29, 0.717) is 22.2 Å². The van der Waals surface area contributed by atoms with Gasteiger partial charge < -0.3 is 11.1 Å². The van der Waals surface area contributed by atoms with Crippen molar-refractivity contribution in [1.82, 2.24) is 0 Å². The summed E-state index contributed by atoms with van der Waals surface area (Å²) in [6.45, 7) is 3.68. The predicted octanol–water partition coefficient (Wildman–Crippen LogP) is 3.45. The minimum Gasteiger partial charge on any atom is -0.323 e. The average molecular weight is 275 g/mol. The minimum absolute atomic E-state index is 0.261. The Morgan fingerprint density at radius 1 is 1.47 bits per heavy atom. The second-order valence-electron chi connectivity index (χ2n) is 4.25. The van der Waals surface area contributed by atoms with E-state index < -0.39 is 5.54 Å². The van der Waals surface area contributed by atoms with Gasteiger partial charge in [0.2, 0.25) is 5.91 Å². The highest BCUT2D eigenvalue weighted by Crippen LogP contribution is 2.26. The molecule has 17 heavy (non-hydrogen) atoms. The first-order valence-electron chi connectivity index (χ1n) is 5.42. The van der Waals surface area contributed by atoms with Gasteiger partial charge in [-0.05, 0) is 31.5 Å². The fraction of sp³-hybridized carbons (Fsp3) is 0.417. The van der Waals surface area contributed by atoms with Crippen molar-refractivity contribution in [3.63, 3.8) is 0 Å². The summed E-state index contributed by atoms with van der Waals surface area (Å²) in [5.74, 6) is -0.261. The Morgan fingerprint density at radius 2 is 2.12 bits per heavy atom. The van der Waals surface area contributed by atoms with Crippen molar-refractivity contribution in [1.29, 1.82) is 0 Å². The molecule has 5 heteroatoms. The molecule has 0 aliphatic rings. The van der Waals surface area contributed by atoms with Crippen LogP contribution in [0, 0.1) is 0 Å². The number of rotatable bonds is 4. The summed E-state index contributed by atoms with van der Waals surface area (Å²) in [4.78, 5) is 11.9.